The number of hydrogen-bond acceptors (Lipinski definition) is 3. The van der Waals surface area contributed by atoms with Gasteiger partial charge in [-0.1, -0.05) is 12.1 Å². The highest BCUT2D eigenvalue weighted by molar-refractivity contribution is 7.71. The fourth-order valence-electron chi connectivity index (χ4n) is 2.31. The standard InChI is InChI=1S/C15H12N4S/c1-9-6-12-14(17-8-9)19(15(20)18-12)13-5-3-4-10(2)11(13)7-16/h3-6,8H,1-2H3,(H,18,20). The zero-order chi connectivity index (χ0) is 14.3. The van der Waals surface area contributed by atoms with Crippen LogP contribution in [0, 0.1) is 29.9 Å². The molecular weight excluding hydrogens is 268 g/mol. The summed E-state index contributed by atoms with van der Waals surface area (Å²) in [7, 11) is 0. The van der Waals surface area contributed by atoms with Crippen LogP contribution >= 0.6 is 12.2 Å². The molecule has 3 aromatic rings. The maximum Gasteiger partial charge on any atom is 0.184 e. The fraction of sp³-hybridized carbons (Fsp3) is 0.133. The lowest BCUT2D eigenvalue weighted by atomic mass is 10.1. The largest absolute Gasteiger partial charge is 0.329 e. The molecule has 5 heteroatoms. The van der Waals surface area contributed by atoms with Gasteiger partial charge in [-0.3, -0.25) is 4.57 Å². The Morgan fingerprint density at radius 3 is 2.90 bits per heavy atom. The van der Waals surface area contributed by atoms with Gasteiger partial charge < -0.3 is 4.98 Å². The van der Waals surface area contributed by atoms with Crippen LogP contribution in [0.1, 0.15) is 16.7 Å². The zero-order valence-corrected chi connectivity index (χ0v) is 12.0. The molecule has 0 spiro atoms. The van der Waals surface area contributed by atoms with E-state index in [1.165, 1.54) is 0 Å². The van der Waals surface area contributed by atoms with Gasteiger partial charge in [0, 0.05) is 6.20 Å². The number of nitrogens with zero attached hydrogens (tertiary/aromatic N) is 3. The van der Waals surface area contributed by atoms with Crippen molar-refractivity contribution in [2.24, 2.45) is 0 Å². The lowest BCUT2D eigenvalue weighted by molar-refractivity contribution is 1.03. The molecular formula is C15H12N4S. The van der Waals surface area contributed by atoms with Crippen LogP contribution in [0.5, 0.6) is 0 Å². The Morgan fingerprint density at radius 1 is 1.35 bits per heavy atom. The molecule has 1 N–H and O–H groups in total. The van der Waals surface area contributed by atoms with Gasteiger partial charge in [-0.25, -0.2) is 4.98 Å². The highest BCUT2D eigenvalue weighted by atomic mass is 32.1. The third kappa shape index (κ3) is 1.82. The first-order valence-corrected chi connectivity index (χ1v) is 6.60. The molecule has 0 radical (unpaired) electrons. The van der Waals surface area contributed by atoms with Crippen molar-refractivity contribution in [2.75, 3.05) is 0 Å². The monoisotopic (exact) mass is 280 g/mol. The van der Waals surface area contributed by atoms with Crippen LogP contribution in [0.15, 0.2) is 30.5 Å². The summed E-state index contributed by atoms with van der Waals surface area (Å²) in [5.41, 5.74) is 4.98. The van der Waals surface area contributed by atoms with Crippen LogP contribution in [0.2, 0.25) is 0 Å². The number of hydrogen-bond donors (Lipinski definition) is 1. The molecule has 0 fully saturated rings. The average molecular weight is 280 g/mol. The SMILES string of the molecule is Cc1cnc2c(c1)[nH]c(=S)n2-c1cccc(C)c1C#N. The number of benzene rings is 1. The summed E-state index contributed by atoms with van der Waals surface area (Å²) in [5, 5.41) is 9.38. The molecule has 3 rings (SSSR count). The number of nitriles is 1. The molecule has 0 atom stereocenters. The molecule has 0 bridgehead atoms. The van der Waals surface area contributed by atoms with Gasteiger partial charge in [-0.05, 0) is 49.3 Å². The molecule has 2 heterocycles. The zero-order valence-electron chi connectivity index (χ0n) is 11.1. The van der Waals surface area contributed by atoms with Crippen molar-refractivity contribution < 1.29 is 0 Å². The van der Waals surface area contributed by atoms with Crippen molar-refractivity contribution in [3.8, 4) is 11.8 Å². The summed E-state index contributed by atoms with van der Waals surface area (Å²) < 4.78 is 2.36. The molecule has 20 heavy (non-hydrogen) atoms. The summed E-state index contributed by atoms with van der Waals surface area (Å²) in [5.74, 6) is 0. The van der Waals surface area contributed by atoms with Crippen LogP contribution in [0.25, 0.3) is 16.9 Å². The van der Waals surface area contributed by atoms with Crippen LogP contribution < -0.4 is 0 Å². The Hall–Kier alpha value is -2.45. The Balaban J connectivity index is 2.42. The highest BCUT2D eigenvalue weighted by Crippen LogP contribution is 2.23. The van der Waals surface area contributed by atoms with E-state index in [9.17, 15) is 5.26 Å². The second-order valence-corrected chi connectivity index (χ2v) is 5.12. The van der Waals surface area contributed by atoms with E-state index in [0.717, 1.165) is 28.0 Å². The minimum Gasteiger partial charge on any atom is -0.329 e. The number of imidazole rings is 1. The van der Waals surface area contributed by atoms with Gasteiger partial charge in [-0.2, -0.15) is 5.26 Å². The minimum absolute atomic E-state index is 0.542. The number of aromatic amines is 1. The Bertz CT molecular complexity index is 912. The second kappa shape index (κ2) is 4.58. The number of H-pyrrole nitrogens is 1. The summed E-state index contributed by atoms with van der Waals surface area (Å²) >= 11 is 5.39. The molecule has 98 valence electrons. The summed E-state index contributed by atoms with van der Waals surface area (Å²) in [6.07, 6.45) is 1.79. The third-order valence-electron chi connectivity index (χ3n) is 3.26. The maximum absolute atomic E-state index is 9.38. The summed E-state index contributed by atoms with van der Waals surface area (Å²) in [6, 6.07) is 9.96. The summed E-state index contributed by atoms with van der Waals surface area (Å²) in [6.45, 7) is 3.89. The molecule has 0 saturated heterocycles. The van der Waals surface area contributed by atoms with Crippen molar-refractivity contribution >= 4 is 23.4 Å². The minimum atomic E-state index is 0.542. The quantitative estimate of drug-likeness (QED) is 0.693. The predicted molar refractivity (Wildman–Crippen MR) is 80.4 cm³/mol. The molecule has 0 saturated carbocycles. The lowest BCUT2D eigenvalue weighted by Gasteiger charge is -2.08. The topological polar surface area (TPSA) is 57.4 Å². The number of nitrogens with one attached hydrogen (secondary N) is 1. The van der Waals surface area contributed by atoms with E-state index in [-0.39, 0.29) is 0 Å². The normalized spacial score (nSPS) is 10.7. The second-order valence-electron chi connectivity index (χ2n) is 4.73. The molecule has 0 unspecified atom stereocenters. The van der Waals surface area contributed by atoms with Gasteiger partial charge in [0.15, 0.2) is 10.4 Å². The van der Waals surface area contributed by atoms with Gasteiger partial charge in [0.25, 0.3) is 0 Å². The van der Waals surface area contributed by atoms with E-state index in [0.29, 0.717) is 10.3 Å². The van der Waals surface area contributed by atoms with Crippen LogP contribution in [0.4, 0.5) is 0 Å². The Kier molecular flexibility index (Phi) is 2.88. The van der Waals surface area contributed by atoms with Crippen molar-refractivity contribution in [3.05, 3.63) is 51.9 Å². The Labute approximate surface area is 121 Å². The molecule has 4 nitrogen and oxygen atoms in total. The lowest BCUT2D eigenvalue weighted by Crippen LogP contribution is -2.00. The first-order chi connectivity index (χ1) is 9.61. The molecule has 0 aliphatic heterocycles. The van der Waals surface area contributed by atoms with Gasteiger partial charge in [-0.15, -0.1) is 0 Å². The van der Waals surface area contributed by atoms with E-state index in [1.54, 1.807) is 6.20 Å². The van der Waals surface area contributed by atoms with E-state index in [1.807, 2.05) is 42.7 Å². The smallest absolute Gasteiger partial charge is 0.184 e. The van der Waals surface area contributed by atoms with Gasteiger partial charge in [0.2, 0.25) is 0 Å². The van der Waals surface area contributed by atoms with Crippen molar-refractivity contribution in [1.29, 1.82) is 5.26 Å². The third-order valence-corrected chi connectivity index (χ3v) is 3.55. The molecule has 0 amide bonds. The van der Waals surface area contributed by atoms with Crippen LogP contribution in [-0.4, -0.2) is 14.5 Å². The van der Waals surface area contributed by atoms with Crippen molar-refractivity contribution in [3.63, 3.8) is 0 Å². The molecule has 0 aliphatic carbocycles. The molecule has 2 aromatic heterocycles. The first kappa shape index (κ1) is 12.6. The predicted octanol–water partition coefficient (Wildman–Crippen LogP) is 3.57. The van der Waals surface area contributed by atoms with Gasteiger partial charge in [0.1, 0.15) is 6.07 Å². The highest BCUT2D eigenvalue weighted by Gasteiger charge is 2.12. The van der Waals surface area contributed by atoms with Gasteiger partial charge in [0.05, 0.1) is 16.8 Å². The molecule has 0 aliphatic rings. The maximum atomic E-state index is 9.38. The fourth-order valence-corrected chi connectivity index (χ4v) is 2.60. The van der Waals surface area contributed by atoms with Crippen LogP contribution in [0.3, 0.4) is 0 Å². The van der Waals surface area contributed by atoms with E-state index < -0.39 is 0 Å². The number of rotatable bonds is 1. The van der Waals surface area contributed by atoms with Crippen molar-refractivity contribution in [2.45, 2.75) is 13.8 Å². The number of pyridine rings is 1. The Morgan fingerprint density at radius 2 is 2.15 bits per heavy atom. The molecule has 1 aromatic carbocycles. The van der Waals surface area contributed by atoms with E-state index >= 15 is 0 Å². The number of aromatic nitrogens is 3. The van der Waals surface area contributed by atoms with E-state index in [2.05, 4.69) is 16.0 Å². The first-order valence-electron chi connectivity index (χ1n) is 6.19. The number of aryl methyl sites for hydroxylation is 2. The van der Waals surface area contributed by atoms with E-state index in [4.69, 9.17) is 12.2 Å². The van der Waals surface area contributed by atoms with Crippen LogP contribution in [-0.2, 0) is 0 Å². The average Bonchev–Trinajstić information content (AvgIpc) is 2.73. The van der Waals surface area contributed by atoms with Crippen molar-refractivity contribution in [1.82, 2.24) is 14.5 Å². The summed E-state index contributed by atoms with van der Waals surface area (Å²) in [4.78, 5) is 7.58. The van der Waals surface area contributed by atoms with Gasteiger partial charge >= 0.3 is 0 Å². The number of fused-ring (bicyclic) bond motifs is 1.